The average molecular weight is 435 g/mol. The number of nitrogens with one attached hydrogen (secondary N) is 2. The van der Waals surface area contributed by atoms with Crippen LogP contribution in [0.3, 0.4) is 0 Å². The lowest BCUT2D eigenvalue weighted by atomic mass is 9.75. The molecule has 164 valence electrons. The van der Waals surface area contributed by atoms with Gasteiger partial charge < -0.3 is 15.0 Å². The lowest BCUT2D eigenvalue weighted by molar-refractivity contribution is 0.0910. The number of aromatic nitrogens is 2. The molecule has 0 bridgehead atoms. The Hall–Kier alpha value is -3.81. The summed E-state index contributed by atoms with van der Waals surface area (Å²) in [4.78, 5) is 44.3. The molecule has 1 aliphatic rings. The molecule has 0 unspecified atom stereocenters. The number of nitrogens with zero attached hydrogens (tertiary/aromatic N) is 1. The van der Waals surface area contributed by atoms with E-state index in [0.717, 1.165) is 0 Å². The summed E-state index contributed by atoms with van der Waals surface area (Å²) in [6, 6.07) is 10.3. The van der Waals surface area contributed by atoms with Gasteiger partial charge in [-0.3, -0.25) is 14.4 Å². The van der Waals surface area contributed by atoms with Crippen molar-refractivity contribution in [3.05, 3.63) is 87.2 Å². The molecule has 0 atom stereocenters. The van der Waals surface area contributed by atoms with E-state index in [9.17, 15) is 18.8 Å². The molecule has 0 radical (unpaired) electrons. The Bertz CT molecular complexity index is 1230. The molecule has 8 heteroatoms. The van der Waals surface area contributed by atoms with Gasteiger partial charge in [0.05, 0.1) is 0 Å². The van der Waals surface area contributed by atoms with Crippen molar-refractivity contribution in [2.75, 3.05) is 0 Å². The van der Waals surface area contributed by atoms with Gasteiger partial charge in [0.1, 0.15) is 17.1 Å². The van der Waals surface area contributed by atoms with Crippen molar-refractivity contribution in [1.29, 1.82) is 0 Å². The van der Waals surface area contributed by atoms with Crippen LogP contribution in [0.15, 0.2) is 53.5 Å². The number of carbonyl (C=O) groups excluding carboxylic acids is 2. The molecule has 0 aliphatic heterocycles. The predicted molar refractivity (Wildman–Crippen MR) is 115 cm³/mol. The van der Waals surface area contributed by atoms with Gasteiger partial charge in [0.15, 0.2) is 5.78 Å². The zero-order valence-electron chi connectivity index (χ0n) is 17.7. The van der Waals surface area contributed by atoms with Crippen LogP contribution in [0.4, 0.5) is 4.39 Å². The maximum Gasteiger partial charge on any atom is 0.261 e. The van der Waals surface area contributed by atoms with Crippen LogP contribution >= 0.6 is 0 Å². The summed E-state index contributed by atoms with van der Waals surface area (Å²) < 4.78 is 18.5. The zero-order chi connectivity index (χ0) is 22.9. The van der Waals surface area contributed by atoms with E-state index in [1.54, 1.807) is 12.1 Å². The van der Waals surface area contributed by atoms with Crippen LogP contribution in [0.1, 0.15) is 52.2 Å². The Morgan fingerprint density at radius 1 is 1.16 bits per heavy atom. The minimum atomic E-state index is -0.571. The first-order chi connectivity index (χ1) is 15.2. The van der Waals surface area contributed by atoms with Crippen LogP contribution in [0.25, 0.3) is 0 Å². The number of carbonyl (C=O) groups is 2. The predicted octanol–water partition coefficient (Wildman–Crippen LogP) is 3.79. The molecule has 0 fully saturated rings. The molecule has 1 aromatic carbocycles. The number of Topliss-reactive ketones (excluding diaryl/α,β-unsaturated/α-hetero) is 1. The van der Waals surface area contributed by atoms with Crippen LogP contribution in [-0.4, -0.2) is 21.7 Å². The lowest BCUT2D eigenvalue weighted by Crippen LogP contribution is -2.34. The molecule has 32 heavy (non-hydrogen) atoms. The van der Waals surface area contributed by atoms with Crippen molar-refractivity contribution < 1.29 is 18.7 Å². The minimum Gasteiger partial charge on any atom is -0.439 e. The summed E-state index contributed by atoms with van der Waals surface area (Å²) >= 11 is 0. The van der Waals surface area contributed by atoms with E-state index >= 15 is 0 Å². The highest BCUT2D eigenvalue weighted by Gasteiger charge is 2.32. The van der Waals surface area contributed by atoms with E-state index in [1.807, 2.05) is 13.8 Å². The van der Waals surface area contributed by atoms with Gasteiger partial charge in [-0.25, -0.2) is 9.37 Å². The first-order valence-corrected chi connectivity index (χ1v) is 10.2. The summed E-state index contributed by atoms with van der Waals surface area (Å²) in [6.07, 6.45) is 2.47. The third-order valence-electron chi connectivity index (χ3n) is 5.25. The van der Waals surface area contributed by atoms with Crippen LogP contribution < -0.4 is 15.6 Å². The fourth-order valence-corrected chi connectivity index (χ4v) is 3.67. The Labute approximate surface area is 183 Å². The molecule has 0 saturated heterocycles. The van der Waals surface area contributed by atoms with Gasteiger partial charge in [-0.1, -0.05) is 19.9 Å². The molecule has 0 saturated carbocycles. The molecule has 2 heterocycles. The number of ether oxygens (including phenoxy) is 1. The summed E-state index contributed by atoms with van der Waals surface area (Å²) in [5, 5.41) is 2.68. The Balaban J connectivity index is 1.42. The largest absolute Gasteiger partial charge is 0.439 e. The van der Waals surface area contributed by atoms with E-state index in [0.29, 0.717) is 41.3 Å². The van der Waals surface area contributed by atoms with Crippen LogP contribution in [0.5, 0.6) is 11.6 Å². The molecule has 2 N–H and O–H groups in total. The molecule has 7 nitrogen and oxygen atoms in total. The minimum absolute atomic E-state index is 0.0810. The highest BCUT2D eigenvalue weighted by Crippen LogP contribution is 2.33. The third-order valence-corrected chi connectivity index (χ3v) is 5.25. The lowest BCUT2D eigenvalue weighted by Gasteiger charge is -2.29. The van der Waals surface area contributed by atoms with E-state index in [4.69, 9.17) is 4.74 Å². The summed E-state index contributed by atoms with van der Waals surface area (Å²) in [5.74, 6) is -0.244. The standard InChI is InChI=1S/C24H22FN3O4/c1-24(2)10-19-17(20(29)11-24)9-18(23(31)28-19)22(30)27-13-14-3-8-21(26-12-14)32-16-6-4-15(25)5-7-16/h3-9,12H,10-11,13H2,1-2H3,(H,27,30)(H,28,31). The van der Waals surface area contributed by atoms with Crippen molar-refractivity contribution in [3.8, 4) is 11.6 Å². The number of aromatic amines is 1. The maximum atomic E-state index is 13.0. The van der Waals surface area contributed by atoms with Gasteiger partial charge in [0, 0.05) is 36.5 Å². The first-order valence-electron chi connectivity index (χ1n) is 10.2. The van der Waals surface area contributed by atoms with Crippen molar-refractivity contribution in [1.82, 2.24) is 15.3 Å². The Morgan fingerprint density at radius 2 is 1.91 bits per heavy atom. The van der Waals surface area contributed by atoms with E-state index in [1.165, 1.54) is 36.5 Å². The third kappa shape index (κ3) is 4.74. The second-order valence-electron chi connectivity index (χ2n) is 8.59. The molecule has 4 rings (SSSR count). The van der Waals surface area contributed by atoms with Gasteiger partial charge in [-0.05, 0) is 47.7 Å². The average Bonchev–Trinajstić information content (AvgIpc) is 2.73. The van der Waals surface area contributed by atoms with E-state index < -0.39 is 11.5 Å². The molecular weight excluding hydrogens is 413 g/mol. The molecule has 1 aliphatic carbocycles. The Kier molecular flexibility index (Phi) is 5.61. The number of amides is 1. The normalized spacial score (nSPS) is 14.5. The maximum absolute atomic E-state index is 13.0. The van der Waals surface area contributed by atoms with Crippen LogP contribution in [-0.2, 0) is 13.0 Å². The van der Waals surface area contributed by atoms with Gasteiger partial charge >= 0.3 is 0 Å². The van der Waals surface area contributed by atoms with Crippen molar-refractivity contribution in [2.45, 2.75) is 33.2 Å². The second-order valence-corrected chi connectivity index (χ2v) is 8.59. The number of H-pyrrole nitrogens is 1. The first kappa shape index (κ1) is 21.4. The molecule has 2 aromatic heterocycles. The monoisotopic (exact) mass is 435 g/mol. The number of ketones is 1. The number of benzene rings is 1. The van der Waals surface area contributed by atoms with Gasteiger partial charge in [0.2, 0.25) is 5.88 Å². The fraction of sp³-hybridized carbons (Fsp3) is 0.250. The smallest absolute Gasteiger partial charge is 0.261 e. The summed E-state index contributed by atoms with van der Waals surface area (Å²) in [5.41, 5.74) is 0.828. The number of rotatable bonds is 5. The van der Waals surface area contributed by atoms with Gasteiger partial charge in [0.25, 0.3) is 11.5 Å². The number of fused-ring (bicyclic) bond motifs is 1. The van der Waals surface area contributed by atoms with Crippen molar-refractivity contribution in [2.24, 2.45) is 5.41 Å². The number of hydrogen-bond acceptors (Lipinski definition) is 5. The van der Waals surface area contributed by atoms with Gasteiger partial charge in [-0.15, -0.1) is 0 Å². The van der Waals surface area contributed by atoms with Gasteiger partial charge in [-0.2, -0.15) is 0 Å². The van der Waals surface area contributed by atoms with Crippen molar-refractivity contribution >= 4 is 11.7 Å². The second kappa shape index (κ2) is 8.37. The highest BCUT2D eigenvalue weighted by molar-refractivity contribution is 6.02. The number of halogens is 1. The zero-order valence-corrected chi connectivity index (χ0v) is 17.7. The van der Waals surface area contributed by atoms with E-state index in [2.05, 4.69) is 15.3 Å². The quantitative estimate of drug-likeness (QED) is 0.635. The fourth-order valence-electron chi connectivity index (χ4n) is 3.67. The molecular formula is C24H22FN3O4. The highest BCUT2D eigenvalue weighted by atomic mass is 19.1. The summed E-state index contributed by atoms with van der Waals surface area (Å²) in [6.45, 7) is 4.08. The van der Waals surface area contributed by atoms with E-state index in [-0.39, 0.29) is 29.1 Å². The SMILES string of the molecule is CC1(C)CC(=O)c2cc(C(=O)NCc3ccc(Oc4ccc(F)cc4)nc3)c(=O)[nH]c2C1. The number of hydrogen-bond donors (Lipinski definition) is 2. The molecule has 1 amide bonds. The topological polar surface area (TPSA) is 101 Å². The Morgan fingerprint density at radius 3 is 2.59 bits per heavy atom. The van der Waals surface area contributed by atoms with Crippen LogP contribution in [0, 0.1) is 11.2 Å². The molecule has 3 aromatic rings. The summed E-state index contributed by atoms with van der Waals surface area (Å²) in [7, 11) is 0. The number of pyridine rings is 2. The van der Waals surface area contributed by atoms with Crippen molar-refractivity contribution in [3.63, 3.8) is 0 Å². The van der Waals surface area contributed by atoms with Crippen LogP contribution in [0.2, 0.25) is 0 Å². The molecule has 0 spiro atoms.